The van der Waals surface area contributed by atoms with Crippen LogP contribution in [0.15, 0.2) is 55.1 Å². The van der Waals surface area contributed by atoms with E-state index in [0.717, 1.165) is 22.3 Å². The summed E-state index contributed by atoms with van der Waals surface area (Å²) in [4.78, 5) is 7.72. The van der Waals surface area contributed by atoms with E-state index in [9.17, 15) is 5.11 Å². The molecular weight excluding hydrogens is 300 g/mol. The summed E-state index contributed by atoms with van der Waals surface area (Å²) in [6.07, 6.45) is 3.18. The summed E-state index contributed by atoms with van der Waals surface area (Å²) in [5.74, 6) is 0.235. The molecule has 0 atom stereocenters. The maximum Gasteiger partial charge on any atom is 0.252 e. The van der Waals surface area contributed by atoms with Crippen molar-refractivity contribution >= 4 is 0 Å². The summed E-state index contributed by atoms with van der Waals surface area (Å²) < 4.78 is 1.75. The minimum atomic E-state index is -0.607. The maximum absolute atomic E-state index is 9.49. The van der Waals surface area contributed by atoms with Crippen LogP contribution in [0.5, 0.6) is 5.75 Å². The van der Waals surface area contributed by atoms with Gasteiger partial charge in [0.1, 0.15) is 18.4 Å². The van der Waals surface area contributed by atoms with Crippen LogP contribution in [0.3, 0.4) is 0 Å². The van der Waals surface area contributed by atoms with Gasteiger partial charge in [-0.25, -0.2) is 16.2 Å². The molecule has 2 aromatic carbocycles. The van der Waals surface area contributed by atoms with Gasteiger partial charge in [0.05, 0.1) is 6.54 Å². The number of rotatable bonds is 4. The van der Waals surface area contributed by atoms with Gasteiger partial charge in [-0.3, -0.25) is 0 Å². The Morgan fingerprint density at radius 3 is 2.50 bits per heavy atom. The highest BCUT2D eigenvalue weighted by molar-refractivity contribution is 5.66. The second kappa shape index (κ2) is 6.17. The lowest BCUT2D eigenvalue weighted by molar-refractivity contribution is 0.475. The maximum atomic E-state index is 9.49. The fourth-order valence-corrected chi connectivity index (χ4v) is 2.52. The summed E-state index contributed by atoms with van der Waals surface area (Å²) in [6, 6.07) is 13.2. The van der Waals surface area contributed by atoms with Crippen molar-refractivity contribution in [2.24, 2.45) is 0 Å². The van der Waals surface area contributed by atoms with Gasteiger partial charge in [-0.1, -0.05) is 12.1 Å². The van der Waals surface area contributed by atoms with E-state index in [2.05, 4.69) is 21.0 Å². The Morgan fingerprint density at radius 1 is 1.12 bits per heavy atom. The highest BCUT2D eigenvalue weighted by Crippen LogP contribution is 2.31. The molecule has 0 saturated carbocycles. The molecule has 0 aliphatic carbocycles. The smallest absolute Gasteiger partial charge is 0.252 e. The predicted octanol–water partition coefficient (Wildman–Crippen LogP) is 3.85. The number of phenolic OH excluding ortho intramolecular Hbond substituents is 1. The Kier molecular flexibility index (Phi) is 4.05. The van der Waals surface area contributed by atoms with E-state index in [4.69, 9.17) is 6.57 Å². The standard InChI is InChI=1S/C19H18N4O/c1-19(2,20-3)17-9-14(11-23-13-21-12-22-23)8-16(10-17)15-4-6-18(24)7-5-15/h4-10,12-13,24H,11H2,1-2H3. The van der Waals surface area contributed by atoms with Gasteiger partial charge in [-0.15, -0.1) is 0 Å². The molecule has 0 saturated heterocycles. The second-order valence-electron chi connectivity index (χ2n) is 6.23. The van der Waals surface area contributed by atoms with Gasteiger partial charge in [0.25, 0.3) is 5.54 Å². The fourth-order valence-electron chi connectivity index (χ4n) is 2.52. The van der Waals surface area contributed by atoms with Gasteiger partial charge in [-0.05, 0) is 47.0 Å². The van der Waals surface area contributed by atoms with Gasteiger partial charge in [0, 0.05) is 19.4 Å². The largest absolute Gasteiger partial charge is 0.508 e. The van der Waals surface area contributed by atoms with Crippen LogP contribution in [0.4, 0.5) is 0 Å². The number of phenols is 1. The van der Waals surface area contributed by atoms with Crippen molar-refractivity contribution < 1.29 is 5.11 Å². The molecule has 0 aliphatic rings. The molecule has 3 aromatic rings. The van der Waals surface area contributed by atoms with Crippen molar-refractivity contribution in [3.8, 4) is 16.9 Å². The van der Waals surface area contributed by atoms with Crippen LogP contribution >= 0.6 is 0 Å². The third kappa shape index (κ3) is 3.28. The van der Waals surface area contributed by atoms with E-state index in [1.54, 1.807) is 23.1 Å². The Morgan fingerprint density at radius 2 is 1.88 bits per heavy atom. The molecule has 0 fully saturated rings. The van der Waals surface area contributed by atoms with Crippen LogP contribution in [-0.4, -0.2) is 19.9 Å². The molecule has 0 aliphatic heterocycles. The number of benzene rings is 2. The minimum absolute atomic E-state index is 0.235. The highest BCUT2D eigenvalue weighted by atomic mass is 16.3. The quantitative estimate of drug-likeness (QED) is 0.743. The van der Waals surface area contributed by atoms with Crippen molar-refractivity contribution in [3.63, 3.8) is 0 Å². The van der Waals surface area contributed by atoms with Crippen LogP contribution in [-0.2, 0) is 12.1 Å². The zero-order valence-corrected chi connectivity index (χ0v) is 13.6. The van der Waals surface area contributed by atoms with Crippen LogP contribution in [0.25, 0.3) is 16.0 Å². The van der Waals surface area contributed by atoms with Crippen molar-refractivity contribution in [3.05, 3.63) is 77.7 Å². The molecule has 0 bridgehead atoms. The number of aromatic nitrogens is 3. The van der Waals surface area contributed by atoms with Crippen molar-refractivity contribution in [2.45, 2.75) is 25.9 Å². The molecule has 24 heavy (non-hydrogen) atoms. The Bertz CT molecular complexity index is 875. The van der Waals surface area contributed by atoms with Crippen molar-refractivity contribution in [1.29, 1.82) is 0 Å². The molecule has 5 heteroatoms. The van der Waals surface area contributed by atoms with Gasteiger partial charge >= 0.3 is 0 Å². The number of hydrogen-bond donors (Lipinski definition) is 1. The molecule has 0 spiro atoms. The van der Waals surface area contributed by atoms with E-state index in [1.165, 1.54) is 6.33 Å². The third-order valence-electron chi connectivity index (χ3n) is 3.99. The van der Waals surface area contributed by atoms with Crippen molar-refractivity contribution in [2.75, 3.05) is 0 Å². The molecule has 0 radical (unpaired) electrons. The molecule has 1 heterocycles. The summed E-state index contributed by atoms with van der Waals surface area (Å²) in [5, 5.41) is 13.6. The van der Waals surface area contributed by atoms with Crippen LogP contribution < -0.4 is 0 Å². The molecule has 3 rings (SSSR count). The zero-order valence-electron chi connectivity index (χ0n) is 13.6. The van der Waals surface area contributed by atoms with Crippen molar-refractivity contribution in [1.82, 2.24) is 14.8 Å². The van der Waals surface area contributed by atoms with Gasteiger partial charge in [0.15, 0.2) is 0 Å². The second-order valence-corrected chi connectivity index (χ2v) is 6.23. The zero-order chi connectivity index (χ0) is 17.2. The number of aromatic hydroxyl groups is 1. The van der Waals surface area contributed by atoms with E-state index in [1.807, 2.05) is 38.1 Å². The summed E-state index contributed by atoms with van der Waals surface area (Å²) in [5.41, 5.74) is 3.41. The number of nitrogens with zero attached hydrogens (tertiary/aromatic N) is 4. The lowest BCUT2D eigenvalue weighted by atomic mass is 9.90. The average molecular weight is 318 g/mol. The lowest BCUT2D eigenvalue weighted by Gasteiger charge is -2.16. The van der Waals surface area contributed by atoms with Gasteiger partial charge in [-0.2, -0.15) is 5.10 Å². The van der Waals surface area contributed by atoms with E-state index in [-0.39, 0.29) is 5.75 Å². The molecule has 1 N–H and O–H groups in total. The number of hydrogen-bond acceptors (Lipinski definition) is 3. The Balaban J connectivity index is 2.09. The Labute approximate surface area is 141 Å². The lowest BCUT2D eigenvalue weighted by Crippen LogP contribution is -2.12. The summed E-state index contributed by atoms with van der Waals surface area (Å²) in [7, 11) is 0. The first-order valence-electron chi connectivity index (χ1n) is 7.63. The molecular formula is C19H18N4O. The summed E-state index contributed by atoms with van der Waals surface area (Å²) >= 11 is 0. The first-order chi connectivity index (χ1) is 11.5. The van der Waals surface area contributed by atoms with Gasteiger partial charge < -0.3 is 9.95 Å². The summed E-state index contributed by atoms with van der Waals surface area (Å²) in [6.45, 7) is 11.9. The third-order valence-corrected chi connectivity index (χ3v) is 3.99. The molecule has 1 aromatic heterocycles. The topological polar surface area (TPSA) is 55.3 Å². The van der Waals surface area contributed by atoms with E-state index < -0.39 is 5.54 Å². The Hall–Kier alpha value is -3.13. The molecule has 0 amide bonds. The minimum Gasteiger partial charge on any atom is -0.508 e. The molecule has 0 unspecified atom stereocenters. The van der Waals surface area contributed by atoms with Gasteiger partial charge in [0.2, 0.25) is 0 Å². The molecule has 5 nitrogen and oxygen atoms in total. The van der Waals surface area contributed by atoms with E-state index in [0.29, 0.717) is 6.54 Å². The normalized spacial score (nSPS) is 11.2. The molecule has 120 valence electrons. The van der Waals surface area contributed by atoms with Crippen LogP contribution in [0, 0.1) is 6.57 Å². The van der Waals surface area contributed by atoms with Crippen LogP contribution in [0.2, 0.25) is 0 Å². The van der Waals surface area contributed by atoms with E-state index >= 15 is 0 Å². The van der Waals surface area contributed by atoms with Crippen LogP contribution in [0.1, 0.15) is 25.0 Å². The predicted molar refractivity (Wildman–Crippen MR) is 92.3 cm³/mol. The highest BCUT2D eigenvalue weighted by Gasteiger charge is 2.27. The average Bonchev–Trinajstić information content (AvgIpc) is 3.08. The fraction of sp³-hybridized carbons (Fsp3) is 0.211. The first-order valence-corrected chi connectivity index (χ1v) is 7.63. The SMILES string of the molecule is [C-]#[N+]C(C)(C)c1cc(Cn2cncn2)cc(-c2ccc(O)cc2)c1. The monoisotopic (exact) mass is 318 g/mol. The first kappa shape index (κ1) is 15.8.